The number of quaternary nitrogens is 1. The molecule has 0 saturated heterocycles. The molecule has 0 atom stereocenters. The highest BCUT2D eigenvalue weighted by Gasteiger charge is 3.00. The van der Waals surface area contributed by atoms with Gasteiger partial charge in [-0.2, -0.15) is 110 Å². The van der Waals surface area contributed by atoms with Crippen LogP contribution in [-0.2, 0) is 14.8 Å². The topological polar surface area (TPSA) is 83.5 Å². The van der Waals surface area contributed by atoms with Crippen LogP contribution < -0.4 is 4.72 Å². The van der Waals surface area contributed by atoms with Crippen LogP contribution in [0.25, 0.3) is 0 Å². The van der Waals surface area contributed by atoms with E-state index >= 15 is 0 Å². The van der Waals surface area contributed by atoms with Crippen LogP contribution in [0.2, 0.25) is 0 Å². The molecule has 0 heterocycles. The first-order chi connectivity index (χ1) is 22.1. The Balaban J connectivity index is 6.99. The van der Waals surface area contributed by atoms with E-state index < -0.39 is 117 Å². The maximum absolute atomic E-state index is 14.2. The number of carbonyl (C=O) groups is 1. The minimum Gasteiger partial charge on any atom is -0.481 e. The minimum atomic E-state index is -9.77. The Morgan fingerprint density at radius 2 is 0.769 bits per heavy atom. The maximum Gasteiger partial charge on any atom is 0.460 e. The van der Waals surface area contributed by atoms with Crippen LogP contribution in [0.15, 0.2) is 0 Å². The standard InChI is InChI=1S/C20H17F25N2O4S/c1-47(2,7-4-8(48)49)6-3-5-46-52(50,51)20(44,45)18(39,40)16(35,36)14(31,32)12(27,28)10(23,24)9(21,22)11(25,26)13(29,30)15(33,34)17(37,38)19(41,42)43/h46H,3-7H2,1-2H3/p+1. The van der Waals surface area contributed by atoms with Gasteiger partial charge in [-0.3, -0.25) is 4.79 Å². The van der Waals surface area contributed by atoms with Gasteiger partial charge in [0.15, 0.2) is 0 Å². The van der Waals surface area contributed by atoms with Crippen molar-refractivity contribution in [3.63, 3.8) is 0 Å². The van der Waals surface area contributed by atoms with Gasteiger partial charge in [0, 0.05) is 13.0 Å². The SMILES string of the molecule is C[N+](C)(CCCNS(=O)(=O)C(F)(F)C(F)(F)C(F)(F)C(F)(F)C(F)(F)C(F)(F)C(F)(F)C(F)(F)C(F)(F)C(F)(F)C(F)(F)C(F)(F)F)CCC(=O)O. The van der Waals surface area contributed by atoms with Crippen molar-refractivity contribution < 1.29 is 133 Å². The third-order valence-electron chi connectivity index (χ3n) is 6.77. The molecule has 0 rings (SSSR count). The molecule has 0 fully saturated rings. The summed E-state index contributed by atoms with van der Waals surface area (Å²) in [4.78, 5) is 10.6. The second kappa shape index (κ2) is 13.4. The molecule has 0 aliphatic carbocycles. The highest BCUT2D eigenvalue weighted by Crippen LogP contribution is 2.68. The summed E-state index contributed by atoms with van der Waals surface area (Å²) >= 11 is 0. The summed E-state index contributed by atoms with van der Waals surface area (Å²) < 4.78 is 362. The average Bonchev–Trinajstić information content (AvgIpc) is 2.92. The van der Waals surface area contributed by atoms with E-state index in [9.17, 15) is 123 Å². The van der Waals surface area contributed by atoms with E-state index in [1.165, 1.54) is 0 Å². The van der Waals surface area contributed by atoms with Crippen molar-refractivity contribution in [2.24, 2.45) is 0 Å². The molecule has 6 nitrogen and oxygen atoms in total. The fourth-order valence-electron chi connectivity index (χ4n) is 3.42. The Morgan fingerprint density at radius 3 is 1.04 bits per heavy atom. The van der Waals surface area contributed by atoms with E-state index in [0.29, 0.717) is 4.72 Å². The first-order valence-electron chi connectivity index (χ1n) is 12.4. The van der Waals surface area contributed by atoms with Crippen molar-refractivity contribution in [3.8, 4) is 0 Å². The molecule has 0 radical (unpaired) electrons. The Labute approximate surface area is 271 Å². The van der Waals surface area contributed by atoms with E-state index in [2.05, 4.69) is 0 Å². The molecular weight excluding hydrogens is 839 g/mol. The summed E-state index contributed by atoms with van der Waals surface area (Å²) in [6.45, 7) is -2.49. The first-order valence-corrected chi connectivity index (χ1v) is 13.9. The van der Waals surface area contributed by atoms with Crippen molar-refractivity contribution in [2.45, 2.75) is 83.5 Å². The van der Waals surface area contributed by atoms with Gasteiger partial charge in [0.05, 0.1) is 33.6 Å². The number of carboxylic acids is 1. The van der Waals surface area contributed by atoms with E-state index in [0.717, 1.165) is 14.1 Å². The smallest absolute Gasteiger partial charge is 0.460 e. The summed E-state index contributed by atoms with van der Waals surface area (Å²) in [7, 11) is -5.38. The Kier molecular flexibility index (Phi) is 12.8. The number of rotatable bonds is 19. The molecule has 0 bridgehead atoms. The van der Waals surface area contributed by atoms with Crippen LogP contribution in [0.5, 0.6) is 0 Å². The second-order valence-corrected chi connectivity index (χ2v) is 12.8. The molecule has 0 aromatic carbocycles. The van der Waals surface area contributed by atoms with Gasteiger partial charge in [0.25, 0.3) is 10.0 Å². The molecule has 0 saturated carbocycles. The van der Waals surface area contributed by atoms with Crippen molar-refractivity contribution >= 4 is 16.0 Å². The minimum absolute atomic E-state index is 0.320. The molecule has 0 amide bonds. The largest absolute Gasteiger partial charge is 0.481 e. The molecule has 0 aromatic rings. The van der Waals surface area contributed by atoms with Gasteiger partial charge < -0.3 is 9.59 Å². The number of aliphatic carboxylic acids is 1. The molecule has 0 unspecified atom stereocenters. The predicted molar refractivity (Wildman–Crippen MR) is 116 cm³/mol. The molecule has 0 aliphatic heterocycles. The van der Waals surface area contributed by atoms with E-state index in [4.69, 9.17) is 5.11 Å². The summed E-state index contributed by atoms with van der Waals surface area (Å²) in [5, 5.41) is 0.591. The van der Waals surface area contributed by atoms with Crippen molar-refractivity contribution in [3.05, 3.63) is 0 Å². The molecule has 0 aliphatic rings. The Morgan fingerprint density at radius 1 is 0.500 bits per heavy atom. The third-order valence-corrected chi connectivity index (χ3v) is 8.29. The average molecular weight is 857 g/mol. The van der Waals surface area contributed by atoms with Gasteiger partial charge in [0.2, 0.25) is 0 Å². The van der Waals surface area contributed by atoms with Crippen LogP contribution in [0, 0.1) is 0 Å². The number of alkyl halides is 25. The first kappa shape index (κ1) is 49.6. The molecular formula is C20H18F25N2O4S+. The number of nitrogens with zero attached hydrogens (tertiary/aromatic N) is 1. The van der Waals surface area contributed by atoms with Gasteiger partial charge in [-0.25, -0.2) is 13.1 Å². The van der Waals surface area contributed by atoms with Crippen molar-refractivity contribution in [1.82, 2.24) is 4.72 Å². The molecule has 52 heavy (non-hydrogen) atoms. The van der Waals surface area contributed by atoms with Gasteiger partial charge in [-0.15, -0.1) is 0 Å². The van der Waals surface area contributed by atoms with Crippen LogP contribution in [-0.4, -0.2) is 128 Å². The second-order valence-electron chi connectivity index (χ2n) is 11.0. The lowest BCUT2D eigenvalue weighted by Crippen LogP contribution is -2.78. The summed E-state index contributed by atoms with van der Waals surface area (Å²) in [5.74, 6) is -95.3. The zero-order chi connectivity index (χ0) is 42.8. The molecule has 32 heteroatoms. The molecule has 2 N–H and O–H groups in total. The quantitative estimate of drug-likeness (QED) is 0.0810. The number of halogens is 25. The van der Waals surface area contributed by atoms with Gasteiger partial charge in [-0.1, -0.05) is 0 Å². The van der Waals surface area contributed by atoms with Crippen LogP contribution in [0.1, 0.15) is 12.8 Å². The number of nitrogens with one attached hydrogen (secondary N) is 1. The summed E-state index contributed by atoms with van der Waals surface area (Å²) in [5.41, 5.74) is 0. The summed E-state index contributed by atoms with van der Waals surface area (Å²) in [6.07, 6.45) is -9.74. The monoisotopic (exact) mass is 857 g/mol. The van der Waals surface area contributed by atoms with Crippen LogP contribution >= 0.6 is 0 Å². The van der Waals surface area contributed by atoms with E-state index in [1.807, 2.05) is 0 Å². The Hall–Kier alpha value is -2.41. The predicted octanol–water partition coefficient (Wildman–Crippen LogP) is 7.36. The normalized spacial score (nSPS) is 16.4. The van der Waals surface area contributed by atoms with Crippen molar-refractivity contribution in [1.29, 1.82) is 0 Å². The lowest BCUT2D eigenvalue weighted by atomic mass is 9.85. The molecule has 0 spiro atoms. The molecule has 312 valence electrons. The summed E-state index contributed by atoms with van der Waals surface area (Å²) in [6, 6.07) is 0. The van der Waals surface area contributed by atoms with Gasteiger partial charge >= 0.3 is 76.6 Å². The van der Waals surface area contributed by atoms with Crippen LogP contribution in [0.4, 0.5) is 110 Å². The van der Waals surface area contributed by atoms with Crippen molar-refractivity contribution in [2.75, 3.05) is 33.7 Å². The number of hydrogen-bond acceptors (Lipinski definition) is 3. The number of hydrogen-bond donors (Lipinski definition) is 2. The lowest BCUT2D eigenvalue weighted by Gasteiger charge is -2.45. The Bertz CT molecular complexity index is 1410. The van der Waals surface area contributed by atoms with E-state index in [1.54, 1.807) is 0 Å². The molecule has 0 aromatic heterocycles. The number of carboxylic acid groups (broad SMARTS) is 1. The van der Waals surface area contributed by atoms with Gasteiger partial charge in [-0.05, 0) is 0 Å². The highest BCUT2D eigenvalue weighted by atomic mass is 32.2. The highest BCUT2D eigenvalue weighted by molar-refractivity contribution is 7.90. The zero-order valence-electron chi connectivity index (χ0n) is 24.5. The van der Waals surface area contributed by atoms with Gasteiger partial charge in [0.1, 0.15) is 0 Å². The fourth-order valence-corrected chi connectivity index (χ4v) is 4.48. The van der Waals surface area contributed by atoms with E-state index in [-0.39, 0.29) is 6.54 Å². The maximum atomic E-state index is 14.2. The zero-order valence-corrected chi connectivity index (χ0v) is 25.3. The lowest BCUT2D eigenvalue weighted by molar-refractivity contribution is -0.889. The fraction of sp³-hybridized carbons (Fsp3) is 0.950. The van der Waals surface area contributed by atoms with Crippen LogP contribution in [0.3, 0.4) is 0 Å². The number of sulfonamides is 1. The third kappa shape index (κ3) is 7.10.